The zero-order valence-corrected chi connectivity index (χ0v) is 17.7. The first-order valence-corrected chi connectivity index (χ1v) is 9.98. The summed E-state index contributed by atoms with van der Waals surface area (Å²) in [6.45, 7) is 6.13. The van der Waals surface area contributed by atoms with Crippen molar-refractivity contribution in [1.29, 1.82) is 0 Å². The number of carbonyl (C=O) groups is 1. The van der Waals surface area contributed by atoms with E-state index in [1.165, 1.54) is 6.92 Å². The number of pyridine rings is 1. The van der Waals surface area contributed by atoms with Gasteiger partial charge < -0.3 is 14.8 Å². The highest BCUT2D eigenvalue weighted by molar-refractivity contribution is 9.10. The second-order valence-corrected chi connectivity index (χ2v) is 7.62. The molecule has 1 N–H and O–H groups in total. The molecule has 0 radical (unpaired) electrons. The number of aromatic nitrogens is 1. The fourth-order valence-corrected chi connectivity index (χ4v) is 3.21. The molecular weight excluding hydrogens is 420 g/mol. The summed E-state index contributed by atoms with van der Waals surface area (Å²) in [6.07, 6.45) is 0.898. The van der Waals surface area contributed by atoms with E-state index in [1.807, 2.05) is 56.3 Å². The van der Waals surface area contributed by atoms with E-state index in [-0.39, 0.29) is 12.0 Å². The maximum absolute atomic E-state index is 11.0. The van der Waals surface area contributed by atoms with Crippen molar-refractivity contribution >= 4 is 32.7 Å². The molecule has 1 aromatic heterocycles. The van der Waals surface area contributed by atoms with Crippen LogP contribution in [0.1, 0.15) is 26.3 Å². The molecule has 0 unspecified atom stereocenters. The van der Waals surface area contributed by atoms with E-state index in [2.05, 4.69) is 32.3 Å². The summed E-state index contributed by atoms with van der Waals surface area (Å²) in [5.41, 5.74) is 2.01. The number of carbonyl (C=O) groups excluding carboxylic acids is 1. The zero-order valence-electron chi connectivity index (χ0n) is 16.2. The van der Waals surface area contributed by atoms with Gasteiger partial charge in [0.2, 0.25) is 11.8 Å². The van der Waals surface area contributed by atoms with Gasteiger partial charge in [-0.05, 0) is 78.2 Å². The Bertz CT molecular complexity index is 989. The van der Waals surface area contributed by atoms with Crippen LogP contribution in [0.15, 0.2) is 53.0 Å². The van der Waals surface area contributed by atoms with E-state index in [1.54, 1.807) is 0 Å². The van der Waals surface area contributed by atoms with Crippen LogP contribution in [0.5, 0.6) is 17.4 Å². The number of ether oxygens (including phenoxy) is 2. The molecule has 0 saturated heterocycles. The normalized spacial score (nSPS) is 10.9. The van der Waals surface area contributed by atoms with Gasteiger partial charge in [-0.2, -0.15) is 0 Å². The van der Waals surface area contributed by atoms with Gasteiger partial charge in [0, 0.05) is 24.9 Å². The minimum Gasteiger partial charge on any atom is -0.491 e. The first kappa shape index (κ1) is 20.1. The fourth-order valence-electron chi connectivity index (χ4n) is 2.77. The van der Waals surface area contributed by atoms with E-state index >= 15 is 0 Å². The molecule has 0 aliphatic rings. The van der Waals surface area contributed by atoms with E-state index in [9.17, 15) is 4.79 Å². The summed E-state index contributed by atoms with van der Waals surface area (Å²) in [7, 11) is 0. The molecule has 0 saturated carbocycles. The highest BCUT2D eigenvalue weighted by Gasteiger charge is 2.08. The van der Waals surface area contributed by atoms with Gasteiger partial charge in [-0.15, -0.1) is 0 Å². The average molecular weight is 443 g/mol. The van der Waals surface area contributed by atoms with Crippen molar-refractivity contribution in [2.45, 2.75) is 33.3 Å². The average Bonchev–Trinajstić information content (AvgIpc) is 2.63. The monoisotopic (exact) mass is 442 g/mol. The van der Waals surface area contributed by atoms with Gasteiger partial charge in [0.1, 0.15) is 11.5 Å². The third kappa shape index (κ3) is 5.45. The lowest BCUT2D eigenvalue weighted by atomic mass is 10.1. The number of hydrogen-bond acceptors (Lipinski definition) is 4. The van der Waals surface area contributed by atoms with Crippen LogP contribution in [0.2, 0.25) is 0 Å². The number of halogens is 1. The number of amides is 1. The Balaban J connectivity index is 1.73. The van der Waals surface area contributed by atoms with E-state index in [0.29, 0.717) is 18.2 Å². The maximum Gasteiger partial charge on any atom is 0.219 e. The van der Waals surface area contributed by atoms with Crippen LogP contribution in [0.4, 0.5) is 0 Å². The molecule has 5 nitrogen and oxygen atoms in total. The fraction of sp³-hybridized carbons (Fsp3) is 0.273. The molecule has 0 aliphatic heterocycles. The van der Waals surface area contributed by atoms with Crippen molar-refractivity contribution in [2.75, 3.05) is 6.54 Å². The second kappa shape index (κ2) is 9.06. The third-order valence-electron chi connectivity index (χ3n) is 4.01. The minimum absolute atomic E-state index is 0.0146. The quantitative estimate of drug-likeness (QED) is 0.542. The predicted molar refractivity (Wildman–Crippen MR) is 114 cm³/mol. The standard InChI is InChI=1S/C22H23BrN2O3/c1-14(2)27-18-6-8-21(19(23)13-18)28-22-9-5-17-12-16(4-7-20(17)25-22)10-11-24-15(3)26/h4-9,12-14H,10-11H2,1-3H3,(H,24,26). The number of nitrogens with one attached hydrogen (secondary N) is 1. The summed E-state index contributed by atoms with van der Waals surface area (Å²) in [5, 5.41) is 3.84. The van der Waals surface area contributed by atoms with Crippen LogP contribution in [0.3, 0.4) is 0 Å². The van der Waals surface area contributed by atoms with Gasteiger partial charge in [0.15, 0.2) is 0 Å². The molecule has 0 aliphatic carbocycles. The highest BCUT2D eigenvalue weighted by atomic mass is 79.9. The first-order chi connectivity index (χ1) is 13.4. The Labute approximate surface area is 173 Å². The topological polar surface area (TPSA) is 60.5 Å². The Morgan fingerprint density at radius 1 is 1.14 bits per heavy atom. The first-order valence-electron chi connectivity index (χ1n) is 9.19. The molecule has 146 valence electrons. The second-order valence-electron chi connectivity index (χ2n) is 6.77. The highest BCUT2D eigenvalue weighted by Crippen LogP contribution is 2.33. The zero-order chi connectivity index (χ0) is 20.1. The SMILES string of the molecule is CC(=O)NCCc1ccc2nc(Oc3ccc(OC(C)C)cc3Br)ccc2c1. The molecule has 3 rings (SSSR count). The molecule has 1 heterocycles. The summed E-state index contributed by atoms with van der Waals surface area (Å²) < 4.78 is 12.4. The van der Waals surface area contributed by atoms with Crippen molar-refractivity contribution in [2.24, 2.45) is 0 Å². The van der Waals surface area contributed by atoms with Crippen LogP contribution < -0.4 is 14.8 Å². The van der Waals surface area contributed by atoms with Crippen molar-refractivity contribution in [3.05, 3.63) is 58.6 Å². The Hall–Kier alpha value is -2.60. The number of nitrogens with zero attached hydrogens (tertiary/aromatic N) is 1. The minimum atomic E-state index is -0.0146. The Morgan fingerprint density at radius 3 is 2.68 bits per heavy atom. The molecule has 28 heavy (non-hydrogen) atoms. The van der Waals surface area contributed by atoms with E-state index < -0.39 is 0 Å². The molecule has 2 aromatic carbocycles. The van der Waals surface area contributed by atoms with Crippen LogP contribution in [0.25, 0.3) is 10.9 Å². The Kier molecular flexibility index (Phi) is 6.52. The number of hydrogen-bond donors (Lipinski definition) is 1. The van der Waals surface area contributed by atoms with Gasteiger partial charge in [-0.1, -0.05) is 6.07 Å². The lowest BCUT2D eigenvalue weighted by molar-refractivity contribution is -0.118. The lowest BCUT2D eigenvalue weighted by Crippen LogP contribution is -2.22. The molecule has 0 spiro atoms. The van der Waals surface area contributed by atoms with Crippen LogP contribution in [-0.4, -0.2) is 23.5 Å². The summed E-state index contributed by atoms with van der Waals surface area (Å²) >= 11 is 3.53. The van der Waals surface area contributed by atoms with E-state index in [0.717, 1.165) is 33.1 Å². The van der Waals surface area contributed by atoms with Gasteiger partial charge in [-0.25, -0.2) is 4.98 Å². The van der Waals surface area contributed by atoms with Gasteiger partial charge >= 0.3 is 0 Å². The Morgan fingerprint density at radius 2 is 1.96 bits per heavy atom. The van der Waals surface area contributed by atoms with Crippen molar-refractivity contribution < 1.29 is 14.3 Å². The molecular formula is C22H23BrN2O3. The largest absolute Gasteiger partial charge is 0.491 e. The van der Waals surface area contributed by atoms with Crippen LogP contribution >= 0.6 is 15.9 Å². The molecule has 3 aromatic rings. The third-order valence-corrected chi connectivity index (χ3v) is 4.63. The maximum atomic E-state index is 11.0. The molecule has 1 amide bonds. The van der Waals surface area contributed by atoms with Crippen LogP contribution in [0, 0.1) is 0 Å². The predicted octanol–water partition coefficient (Wildman–Crippen LogP) is 5.26. The number of fused-ring (bicyclic) bond motifs is 1. The van der Waals surface area contributed by atoms with Crippen molar-refractivity contribution in [3.8, 4) is 17.4 Å². The number of benzene rings is 2. The van der Waals surface area contributed by atoms with Gasteiger partial charge in [0.25, 0.3) is 0 Å². The molecule has 0 fully saturated rings. The van der Waals surface area contributed by atoms with E-state index in [4.69, 9.17) is 9.47 Å². The van der Waals surface area contributed by atoms with Crippen molar-refractivity contribution in [3.63, 3.8) is 0 Å². The summed E-state index contributed by atoms with van der Waals surface area (Å²) in [6, 6.07) is 15.5. The molecule has 0 bridgehead atoms. The van der Waals surface area contributed by atoms with Crippen molar-refractivity contribution in [1.82, 2.24) is 10.3 Å². The summed E-state index contributed by atoms with van der Waals surface area (Å²) in [4.78, 5) is 15.6. The molecule has 0 atom stereocenters. The smallest absolute Gasteiger partial charge is 0.219 e. The van der Waals surface area contributed by atoms with Gasteiger partial charge in [-0.3, -0.25) is 4.79 Å². The molecule has 6 heteroatoms. The lowest BCUT2D eigenvalue weighted by Gasteiger charge is -2.12. The van der Waals surface area contributed by atoms with Gasteiger partial charge in [0.05, 0.1) is 16.1 Å². The summed E-state index contributed by atoms with van der Waals surface area (Å²) in [5.74, 6) is 1.97. The van der Waals surface area contributed by atoms with Crippen LogP contribution in [-0.2, 0) is 11.2 Å². The number of rotatable bonds is 7.